The lowest BCUT2D eigenvalue weighted by atomic mass is 10.2. The second-order valence-electron chi connectivity index (χ2n) is 4.17. The van der Waals surface area contributed by atoms with E-state index >= 15 is 0 Å². The van der Waals surface area contributed by atoms with E-state index < -0.39 is 4.92 Å². The third-order valence-electron chi connectivity index (χ3n) is 2.90. The van der Waals surface area contributed by atoms with E-state index in [-0.39, 0.29) is 10.7 Å². The molecule has 0 atom stereocenters. The molecular weight excluding hydrogens is 280 g/mol. The minimum absolute atomic E-state index is 0.0690. The van der Waals surface area contributed by atoms with Crippen LogP contribution in [0, 0.1) is 10.1 Å². The number of hydrogen-bond acceptors (Lipinski definition) is 3. The number of fused-ring (bicyclic) bond motifs is 1. The van der Waals surface area contributed by atoms with Crippen molar-refractivity contribution in [3.05, 3.63) is 63.8 Å². The summed E-state index contributed by atoms with van der Waals surface area (Å²) in [6.45, 7) is 0. The Bertz CT molecular complexity index is 798. The number of non-ortho nitro benzene ring substituents is 1. The van der Waals surface area contributed by atoms with Crippen molar-refractivity contribution < 1.29 is 9.66 Å². The van der Waals surface area contributed by atoms with Gasteiger partial charge in [0.1, 0.15) is 5.75 Å². The summed E-state index contributed by atoms with van der Waals surface area (Å²) >= 11 is 6.01. The van der Waals surface area contributed by atoms with Crippen molar-refractivity contribution in [3.63, 3.8) is 0 Å². The Hall–Kier alpha value is -2.53. The molecule has 0 bridgehead atoms. The van der Waals surface area contributed by atoms with Gasteiger partial charge < -0.3 is 9.72 Å². The zero-order valence-corrected chi connectivity index (χ0v) is 10.9. The van der Waals surface area contributed by atoms with Gasteiger partial charge in [-0.1, -0.05) is 23.7 Å². The Kier molecular flexibility index (Phi) is 3.04. The van der Waals surface area contributed by atoms with Crippen LogP contribution in [0.3, 0.4) is 0 Å². The second kappa shape index (κ2) is 4.86. The van der Waals surface area contributed by atoms with Crippen LogP contribution < -0.4 is 4.74 Å². The number of benzene rings is 2. The van der Waals surface area contributed by atoms with Gasteiger partial charge in [0.05, 0.1) is 15.5 Å². The number of nitrogens with one attached hydrogen (secondary N) is 1. The van der Waals surface area contributed by atoms with Crippen molar-refractivity contribution in [2.24, 2.45) is 0 Å². The van der Waals surface area contributed by atoms with Crippen molar-refractivity contribution in [1.29, 1.82) is 0 Å². The second-order valence-corrected chi connectivity index (χ2v) is 4.58. The van der Waals surface area contributed by atoms with Gasteiger partial charge >= 0.3 is 0 Å². The number of aromatic amines is 1. The lowest BCUT2D eigenvalue weighted by Crippen LogP contribution is -1.90. The van der Waals surface area contributed by atoms with E-state index in [1.54, 1.807) is 6.07 Å². The molecule has 0 amide bonds. The molecule has 1 aromatic heterocycles. The predicted molar refractivity (Wildman–Crippen MR) is 76.5 cm³/mol. The summed E-state index contributed by atoms with van der Waals surface area (Å²) < 4.78 is 5.73. The third-order valence-corrected chi connectivity index (χ3v) is 3.19. The average molecular weight is 289 g/mol. The van der Waals surface area contributed by atoms with E-state index in [1.807, 2.05) is 24.4 Å². The summed E-state index contributed by atoms with van der Waals surface area (Å²) in [6.07, 6.45) is 1.81. The first-order valence-corrected chi connectivity index (χ1v) is 6.21. The average Bonchev–Trinajstić information content (AvgIpc) is 2.90. The van der Waals surface area contributed by atoms with Gasteiger partial charge in [-0.05, 0) is 18.2 Å². The minimum Gasteiger partial charge on any atom is -0.454 e. The number of nitrogens with zero attached hydrogens (tertiary/aromatic N) is 1. The van der Waals surface area contributed by atoms with E-state index in [2.05, 4.69) is 4.98 Å². The highest BCUT2D eigenvalue weighted by molar-refractivity contribution is 6.32. The molecule has 0 aliphatic rings. The van der Waals surface area contributed by atoms with Crippen molar-refractivity contribution in [1.82, 2.24) is 4.98 Å². The molecule has 0 aliphatic heterocycles. The first-order valence-electron chi connectivity index (χ1n) is 5.83. The van der Waals surface area contributed by atoms with E-state index in [0.717, 1.165) is 10.9 Å². The van der Waals surface area contributed by atoms with Gasteiger partial charge in [-0.2, -0.15) is 0 Å². The van der Waals surface area contributed by atoms with Crippen LogP contribution in [0.5, 0.6) is 11.5 Å². The normalized spacial score (nSPS) is 10.7. The van der Waals surface area contributed by atoms with Crippen LogP contribution in [0.2, 0.25) is 5.02 Å². The SMILES string of the molecule is O=[N+]([O-])c1ccc(Oc2cccc3cc[nH]c23)c(Cl)c1. The molecule has 0 fully saturated rings. The topological polar surface area (TPSA) is 68.2 Å². The Labute approximate surface area is 118 Å². The number of nitro groups is 1. The molecule has 6 heteroatoms. The Morgan fingerprint density at radius 3 is 2.75 bits per heavy atom. The first kappa shape index (κ1) is 12.5. The van der Waals surface area contributed by atoms with Crippen molar-refractivity contribution >= 4 is 28.2 Å². The highest BCUT2D eigenvalue weighted by atomic mass is 35.5. The maximum Gasteiger partial charge on any atom is 0.271 e. The summed E-state index contributed by atoms with van der Waals surface area (Å²) in [5.41, 5.74) is 0.780. The van der Waals surface area contributed by atoms with Gasteiger partial charge in [-0.3, -0.25) is 10.1 Å². The molecule has 3 rings (SSSR count). The molecule has 1 heterocycles. The van der Waals surface area contributed by atoms with Crippen LogP contribution in [0.4, 0.5) is 5.69 Å². The van der Waals surface area contributed by atoms with Crippen molar-refractivity contribution in [2.45, 2.75) is 0 Å². The number of ether oxygens (including phenoxy) is 1. The van der Waals surface area contributed by atoms with Crippen LogP contribution in [0.15, 0.2) is 48.7 Å². The smallest absolute Gasteiger partial charge is 0.271 e. The summed E-state index contributed by atoms with van der Waals surface area (Å²) in [5.74, 6) is 0.989. The number of halogens is 1. The minimum atomic E-state index is -0.499. The molecule has 0 spiro atoms. The van der Waals surface area contributed by atoms with E-state index in [0.29, 0.717) is 11.5 Å². The standard InChI is InChI=1S/C14H9ClN2O3/c15-11-8-10(17(18)19)4-5-12(11)20-13-3-1-2-9-6-7-16-14(9)13/h1-8,16H. The number of nitro benzene ring substituents is 1. The van der Waals surface area contributed by atoms with E-state index in [4.69, 9.17) is 16.3 Å². The number of rotatable bonds is 3. The first-order chi connectivity index (χ1) is 9.65. The molecule has 1 N–H and O–H groups in total. The maximum absolute atomic E-state index is 10.7. The molecule has 0 radical (unpaired) electrons. The van der Waals surface area contributed by atoms with E-state index in [9.17, 15) is 10.1 Å². The van der Waals surface area contributed by atoms with Crippen LogP contribution in [0.1, 0.15) is 0 Å². The van der Waals surface area contributed by atoms with Crippen LogP contribution >= 0.6 is 11.6 Å². The van der Waals surface area contributed by atoms with Gasteiger partial charge in [0.25, 0.3) is 5.69 Å². The Morgan fingerprint density at radius 2 is 2.00 bits per heavy atom. The lowest BCUT2D eigenvalue weighted by molar-refractivity contribution is -0.384. The van der Waals surface area contributed by atoms with Crippen LogP contribution in [-0.4, -0.2) is 9.91 Å². The molecule has 0 aliphatic carbocycles. The lowest BCUT2D eigenvalue weighted by Gasteiger charge is -2.08. The highest BCUT2D eigenvalue weighted by Gasteiger charge is 2.12. The summed E-state index contributed by atoms with van der Waals surface area (Å²) in [7, 11) is 0. The molecule has 0 unspecified atom stereocenters. The van der Waals surface area contributed by atoms with Crippen molar-refractivity contribution in [2.75, 3.05) is 0 Å². The van der Waals surface area contributed by atoms with Crippen LogP contribution in [-0.2, 0) is 0 Å². The summed E-state index contributed by atoms with van der Waals surface area (Å²) in [6, 6.07) is 11.7. The highest BCUT2D eigenvalue weighted by Crippen LogP contribution is 2.34. The summed E-state index contributed by atoms with van der Waals surface area (Å²) in [5, 5.41) is 11.9. The molecule has 3 aromatic rings. The fourth-order valence-electron chi connectivity index (χ4n) is 1.95. The fourth-order valence-corrected chi connectivity index (χ4v) is 2.16. The van der Waals surface area contributed by atoms with Crippen molar-refractivity contribution in [3.8, 4) is 11.5 Å². The zero-order chi connectivity index (χ0) is 14.1. The quantitative estimate of drug-likeness (QED) is 0.569. The van der Waals surface area contributed by atoms with Gasteiger partial charge in [0, 0.05) is 23.7 Å². The molecule has 100 valence electrons. The van der Waals surface area contributed by atoms with Gasteiger partial charge in [-0.25, -0.2) is 0 Å². The number of aromatic nitrogens is 1. The Balaban J connectivity index is 1.99. The molecule has 0 saturated heterocycles. The van der Waals surface area contributed by atoms with E-state index in [1.165, 1.54) is 18.2 Å². The van der Waals surface area contributed by atoms with Gasteiger partial charge in [0.2, 0.25) is 0 Å². The predicted octanol–water partition coefficient (Wildman–Crippen LogP) is 4.52. The molecular formula is C14H9ClN2O3. The number of para-hydroxylation sites is 1. The zero-order valence-electron chi connectivity index (χ0n) is 10.2. The third kappa shape index (κ3) is 2.19. The van der Waals surface area contributed by atoms with Crippen LogP contribution in [0.25, 0.3) is 10.9 Å². The monoisotopic (exact) mass is 288 g/mol. The van der Waals surface area contributed by atoms with Gasteiger partial charge in [-0.15, -0.1) is 0 Å². The largest absolute Gasteiger partial charge is 0.454 e. The summed E-state index contributed by atoms with van der Waals surface area (Å²) in [4.78, 5) is 13.2. The maximum atomic E-state index is 10.7. The molecule has 2 aromatic carbocycles. The molecule has 5 nitrogen and oxygen atoms in total. The Morgan fingerprint density at radius 1 is 1.15 bits per heavy atom. The number of H-pyrrole nitrogens is 1. The number of hydrogen-bond donors (Lipinski definition) is 1. The van der Waals surface area contributed by atoms with Gasteiger partial charge in [0.15, 0.2) is 5.75 Å². The molecule has 0 saturated carbocycles. The fraction of sp³-hybridized carbons (Fsp3) is 0. The molecule has 20 heavy (non-hydrogen) atoms.